The monoisotopic (exact) mass is 191 g/mol. The predicted octanol–water partition coefficient (Wildman–Crippen LogP) is 2.75. The van der Waals surface area contributed by atoms with Crippen molar-refractivity contribution in [2.24, 2.45) is 0 Å². The number of nitrogens with zero attached hydrogens (tertiary/aromatic N) is 1. The van der Waals surface area contributed by atoms with Crippen LogP contribution in [0.1, 0.15) is 38.2 Å². The van der Waals surface area contributed by atoms with Crippen LogP contribution in [0.5, 0.6) is 0 Å². The zero-order valence-corrected chi connectivity index (χ0v) is 8.81. The van der Waals surface area contributed by atoms with Crippen molar-refractivity contribution in [2.45, 2.75) is 44.8 Å². The molecule has 0 saturated carbocycles. The van der Waals surface area contributed by atoms with Crippen molar-refractivity contribution < 1.29 is 4.74 Å². The molecule has 0 amide bonds. The summed E-state index contributed by atoms with van der Waals surface area (Å²) in [5.74, 6) is 0.650. The lowest BCUT2D eigenvalue weighted by molar-refractivity contribution is -0.0380. The Labute approximate surface area is 85.3 Å². The molecule has 0 radical (unpaired) electrons. The summed E-state index contributed by atoms with van der Waals surface area (Å²) in [4.78, 5) is 4.05. The van der Waals surface area contributed by atoms with Gasteiger partial charge in [0.25, 0.3) is 0 Å². The minimum Gasteiger partial charge on any atom is -0.376 e. The molecule has 2 heteroatoms. The van der Waals surface area contributed by atoms with Crippen LogP contribution in [0.2, 0.25) is 0 Å². The molecule has 2 nitrogen and oxygen atoms in total. The molecule has 0 spiro atoms. The molecule has 0 bridgehead atoms. The Hall–Kier alpha value is -0.890. The molecular formula is C12H17NO. The Morgan fingerprint density at radius 1 is 1.14 bits per heavy atom. The van der Waals surface area contributed by atoms with Gasteiger partial charge < -0.3 is 4.74 Å². The predicted molar refractivity (Wildman–Crippen MR) is 56.2 cm³/mol. The summed E-state index contributed by atoms with van der Waals surface area (Å²) in [6.45, 7) is 4.31. The van der Waals surface area contributed by atoms with E-state index in [0.717, 1.165) is 12.8 Å². The first-order chi connectivity index (χ1) is 6.75. The average molecular weight is 191 g/mol. The minimum atomic E-state index is 0.386. The van der Waals surface area contributed by atoms with E-state index < -0.39 is 0 Å². The maximum atomic E-state index is 5.72. The lowest BCUT2D eigenvalue weighted by Crippen LogP contribution is -2.28. The summed E-state index contributed by atoms with van der Waals surface area (Å²) in [7, 11) is 0. The van der Waals surface area contributed by atoms with Gasteiger partial charge in [0.05, 0.1) is 12.2 Å². The van der Waals surface area contributed by atoms with Crippen molar-refractivity contribution >= 4 is 0 Å². The Balaban J connectivity index is 2.11. The zero-order chi connectivity index (χ0) is 9.97. The molecule has 1 aromatic heterocycles. The van der Waals surface area contributed by atoms with Gasteiger partial charge in [-0.1, -0.05) is 0 Å². The second kappa shape index (κ2) is 4.09. The molecular weight excluding hydrogens is 174 g/mol. The number of ether oxygens (including phenoxy) is 1. The lowest BCUT2D eigenvalue weighted by atomic mass is 9.87. The molecule has 76 valence electrons. The first kappa shape index (κ1) is 9.66. The highest BCUT2D eigenvalue weighted by molar-refractivity contribution is 5.16. The maximum absolute atomic E-state index is 5.72. The third kappa shape index (κ3) is 2.13. The topological polar surface area (TPSA) is 22.1 Å². The Bertz CT molecular complexity index is 276. The third-order valence-corrected chi connectivity index (χ3v) is 2.88. The van der Waals surface area contributed by atoms with Gasteiger partial charge in [0.2, 0.25) is 0 Å². The molecule has 1 aliphatic heterocycles. The van der Waals surface area contributed by atoms with Crippen LogP contribution in [0, 0.1) is 0 Å². The van der Waals surface area contributed by atoms with Crippen molar-refractivity contribution in [2.75, 3.05) is 0 Å². The van der Waals surface area contributed by atoms with Crippen LogP contribution >= 0.6 is 0 Å². The van der Waals surface area contributed by atoms with Crippen LogP contribution in [0.4, 0.5) is 0 Å². The number of rotatable bonds is 1. The van der Waals surface area contributed by atoms with Crippen molar-refractivity contribution in [1.29, 1.82) is 0 Å². The first-order valence-electron chi connectivity index (χ1n) is 5.31. The standard InChI is InChI=1S/C12H17NO/c1-9-7-12(8-10(2)14-9)11-3-5-13-6-4-11/h3-6,9-10,12H,7-8H2,1-2H3/t9-,10+,12?. The van der Waals surface area contributed by atoms with Gasteiger partial charge in [-0.3, -0.25) is 4.98 Å². The van der Waals surface area contributed by atoms with Gasteiger partial charge in [-0.05, 0) is 50.3 Å². The molecule has 1 aromatic rings. The SMILES string of the molecule is C[C@@H]1CC(c2ccncc2)C[C@H](C)O1. The fourth-order valence-corrected chi connectivity index (χ4v) is 2.31. The number of pyridine rings is 1. The van der Waals surface area contributed by atoms with E-state index in [2.05, 4.69) is 31.0 Å². The molecule has 2 heterocycles. The van der Waals surface area contributed by atoms with E-state index in [9.17, 15) is 0 Å². The van der Waals surface area contributed by atoms with Crippen molar-refractivity contribution in [3.63, 3.8) is 0 Å². The molecule has 1 saturated heterocycles. The summed E-state index contributed by atoms with van der Waals surface area (Å²) < 4.78 is 5.72. The summed E-state index contributed by atoms with van der Waals surface area (Å²) in [5, 5.41) is 0. The fourth-order valence-electron chi connectivity index (χ4n) is 2.31. The molecule has 2 rings (SSSR count). The highest BCUT2D eigenvalue weighted by atomic mass is 16.5. The van der Waals surface area contributed by atoms with E-state index in [1.807, 2.05) is 12.4 Å². The Kier molecular flexibility index (Phi) is 2.82. The third-order valence-electron chi connectivity index (χ3n) is 2.88. The van der Waals surface area contributed by atoms with E-state index in [-0.39, 0.29) is 0 Å². The number of hydrogen-bond donors (Lipinski definition) is 0. The van der Waals surface area contributed by atoms with Crippen molar-refractivity contribution in [3.05, 3.63) is 30.1 Å². The second-order valence-corrected chi connectivity index (χ2v) is 4.21. The zero-order valence-electron chi connectivity index (χ0n) is 8.81. The summed E-state index contributed by atoms with van der Waals surface area (Å²) >= 11 is 0. The average Bonchev–Trinajstić information content (AvgIpc) is 2.18. The molecule has 0 aliphatic carbocycles. The smallest absolute Gasteiger partial charge is 0.0556 e. The van der Waals surface area contributed by atoms with Crippen LogP contribution in [0.3, 0.4) is 0 Å². The lowest BCUT2D eigenvalue weighted by Gasteiger charge is -2.32. The van der Waals surface area contributed by atoms with Gasteiger partial charge in [0, 0.05) is 12.4 Å². The Morgan fingerprint density at radius 3 is 2.29 bits per heavy atom. The summed E-state index contributed by atoms with van der Waals surface area (Å²) in [6.07, 6.45) is 6.79. The molecule has 3 atom stereocenters. The van der Waals surface area contributed by atoms with E-state index in [1.165, 1.54) is 5.56 Å². The van der Waals surface area contributed by atoms with Crippen LogP contribution in [-0.4, -0.2) is 17.2 Å². The van der Waals surface area contributed by atoms with Crippen LogP contribution < -0.4 is 0 Å². The number of hydrogen-bond acceptors (Lipinski definition) is 2. The van der Waals surface area contributed by atoms with Crippen LogP contribution in [0.25, 0.3) is 0 Å². The van der Waals surface area contributed by atoms with Gasteiger partial charge in [-0.25, -0.2) is 0 Å². The highest BCUT2D eigenvalue weighted by Gasteiger charge is 2.25. The van der Waals surface area contributed by atoms with E-state index >= 15 is 0 Å². The van der Waals surface area contributed by atoms with Crippen LogP contribution in [0.15, 0.2) is 24.5 Å². The van der Waals surface area contributed by atoms with E-state index in [1.54, 1.807) is 0 Å². The first-order valence-corrected chi connectivity index (χ1v) is 5.31. The van der Waals surface area contributed by atoms with Crippen molar-refractivity contribution in [3.8, 4) is 0 Å². The quantitative estimate of drug-likeness (QED) is 0.681. The van der Waals surface area contributed by atoms with E-state index in [4.69, 9.17) is 4.74 Å². The van der Waals surface area contributed by atoms with Gasteiger partial charge in [-0.2, -0.15) is 0 Å². The van der Waals surface area contributed by atoms with Gasteiger partial charge in [0.1, 0.15) is 0 Å². The van der Waals surface area contributed by atoms with Crippen LogP contribution in [-0.2, 0) is 4.74 Å². The second-order valence-electron chi connectivity index (χ2n) is 4.21. The molecule has 1 aliphatic rings. The molecule has 1 unspecified atom stereocenters. The van der Waals surface area contributed by atoms with Gasteiger partial charge in [-0.15, -0.1) is 0 Å². The van der Waals surface area contributed by atoms with E-state index in [0.29, 0.717) is 18.1 Å². The summed E-state index contributed by atoms with van der Waals surface area (Å²) in [6, 6.07) is 4.24. The Morgan fingerprint density at radius 2 is 1.71 bits per heavy atom. The molecule has 1 fully saturated rings. The minimum absolute atomic E-state index is 0.386. The normalized spacial score (nSPS) is 32.9. The largest absolute Gasteiger partial charge is 0.376 e. The molecule has 0 N–H and O–H groups in total. The molecule has 14 heavy (non-hydrogen) atoms. The number of aromatic nitrogens is 1. The van der Waals surface area contributed by atoms with Gasteiger partial charge >= 0.3 is 0 Å². The summed E-state index contributed by atoms with van der Waals surface area (Å²) in [5.41, 5.74) is 1.40. The van der Waals surface area contributed by atoms with Crippen molar-refractivity contribution in [1.82, 2.24) is 4.98 Å². The molecule has 0 aromatic carbocycles. The fraction of sp³-hybridized carbons (Fsp3) is 0.583. The highest BCUT2D eigenvalue weighted by Crippen LogP contribution is 2.32. The maximum Gasteiger partial charge on any atom is 0.0556 e. The van der Waals surface area contributed by atoms with Gasteiger partial charge in [0.15, 0.2) is 0 Å².